The number of hydrogen-bond acceptors (Lipinski definition) is 3. The quantitative estimate of drug-likeness (QED) is 0.604. The molecule has 1 aromatic carbocycles. The average molecular weight is 487 g/mol. The zero-order valence-electron chi connectivity index (χ0n) is 20.5. The fourth-order valence-electron chi connectivity index (χ4n) is 7.42. The van der Waals surface area contributed by atoms with Crippen LogP contribution in [0.5, 0.6) is 0 Å². The van der Waals surface area contributed by atoms with Crippen molar-refractivity contribution in [3.8, 4) is 0 Å². The number of halogens is 1. The normalized spacial score (nSPS) is 27.9. The van der Waals surface area contributed by atoms with Gasteiger partial charge in [-0.25, -0.2) is 0 Å². The van der Waals surface area contributed by atoms with Crippen molar-refractivity contribution in [3.05, 3.63) is 34.3 Å². The van der Waals surface area contributed by atoms with E-state index in [-0.39, 0.29) is 23.1 Å². The van der Waals surface area contributed by atoms with Crippen LogP contribution in [0.1, 0.15) is 93.5 Å². The standard InChI is InChI=1S/C28H39ClN2O3/c1-20(16-21-8-3-2-4-9-21)25(32)30-15-14-28(34,27(18-30)12-5-6-13-27)19-31-17-23-22(26(31)33)10-7-11-24(23)29/h7,10-11,20-21,34H,2-6,8-9,12-19H2,1H3/t20-,28-/m1/s1. The van der Waals surface area contributed by atoms with Crippen LogP contribution in [0.2, 0.25) is 5.02 Å². The van der Waals surface area contributed by atoms with Crippen molar-refractivity contribution >= 4 is 23.4 Å². The first kappa shape index (κ1) is 24.1. The third-order valence-corrected chi connectivity index (χ3v) is 9.77. The molecule has 2 saturated carbocycles. The first-order valence-corrected chi connectivity index (χ1v) is 13.8. The Morgan fingerprint density at radius 3 is 2.59 bits per heavy atom. The number of likely N-dealkylation sites (tertiary alicyclic amines) is 1. The topological polar surface area (TPSA) is 60.9 Å². The van der Waals surface area contributed by atoms with E-state index in [1.54, 1.807) is 4.90 Å². The van der Waals surface area contributed by atoms with Crippen LogP contribution in [-0.2, 0) is 11.3 Å². The minimum absolute atomic E-state index is 0.0429. The van der Waals surface area contributed by atoms with Crippen molar-refractivity contribution in [2.45, 2.75) is 89.7 Å². The summed E-state index contributed by atoms with van der Waals surface area (Å²) in [6.45, 7) is 4.06. The molecule has 34 heavy (non-hydrogen) atoms. The van der Waals surface area contributed by atoms with E-state index in [2.05, 4.69) is 6.92 Å². The molecule has 5 rings (SSSR count). The minimum Gasteiger partial charge on any atom is -0.387 e. The van der Waals surface area contributed by atoms with E-state index in [1.807, 2.05) is 23.1 Å². The predicted molar refractivity (Wildman–Crippen MR) is 134 cm³/mol. The Bertz CT molecular complexity index is 938. The summed E-state index contributed by atoms with van der Waals surface area (Å²) in [7, 11) is 0. The number of fused-ring (bicyclic) bond motifs is 1. The van der Waals surface area contributed by atoms with Crippen LogP contribution in [0, 0.1) is 17.3 Å². The second-order valence-corrected chi connectivity index (χ2v) is 12.0. The third kappa shape index (κ3) is 4.28. The molecule has 0 aromatic heterocycles. The highest BCUT2D eigenvalue weighted by Gasteiger charge is 2.56. The number of aliphatic hydroxyl groups is 1. The maximum atomic E-state index is 13.5. The van der Waals surface area contributed by atoms with Gasteiger partial charge < -0.3 is 14.9 Å². The van der Waals surface area contributed by atoms with Gasteiger partial charge in [0.25, 0.3) is 5.91 Å². The van der Waals surface area contributed by atoms with Crippen molar-refractivity contribution in [1.29, 1.82) is 0 Å². The number of piperidine rings is 1. The summed E-state index contributed by atoms with van der Waals surface area (Å²) in [6.07, 6.45) is 12.0. The first-order chi connectivity index (χ1) is 16.3. The van der Waals surface area contributed by atoms with Gasteiger partial charge in [-0.2, -0.15) is 0 Å². The molecule has 2 aliphatic carbocycles. The molecule has 6 heteroatoms. The number of nitrogens with zero attached hydrogens (tertiary/aromatic N) is 2. The second-order valence-electron chi connectivity index (χ2n) is 11.6. The van der Waals surface area contributed by atoms with Crippen molar-refractivity contribution < 1.29 is 14.7 Å². The molecule has 3 fully saturated rings. The van der Waals surface area contributed by atoms with Gasteiger partial charge >= 0.3 is 0 Å². The molecular weight excluding hydrogens is 448 g/mol. The molecule has 2 amide bonds. The maximum Gasteiger partial charge on any atom is 0.254 e. The Kier molecular flexibility index (Phi) is 6.71. The van der Waals surface area contributed by atoms with Gasteiger partial charge in [0.2, 0.25) is 5.91 Å². The summed E-state index contributed by atoms with van der Waals surface area (Å²) in [5, 5.41) is 12.7. The van der Waals surface area contributed by atoms with E-state index in [1.165, 1.54) is 32.1 Å². The van der Waals surface area contributed by atoms with Gasteiger partial charge in [-0.1, -0.05) is 69.5 Å². The van der Waals surface area contributed by atoms with E-state index >= 15 is 0 Å². The highest BCUT2D eigenvalue weighted by atomic mass is 35.5. The van der Waals surface area contributed by atoms with E-state index in [0.29, 0.717) is 49.1 Å². The monoisotopic (exact) mass is 486 g/mol. The molecule has 4 aliphatic rings. The molecule has 1 saturated heterocycles. The van der Waals surface area contributed by atoms with Crippen molar-refractivity contribution in [1.82, 2.24) is 9.80 Å². The Hall–Kier alpha value is -1.59. The van der Waals surface area contributed by atoms with Gasteiger partial charge in [0.1, 0.15) is 0 Å². The zero-order chi connectivity index (χ0) is 23.9. The van der Waals surface area contributed by atoms with Gasteiger partial charge in [0.05, 0.1) is 12.1 Å². The lowest BCUT2D eigenvalue weighted by atomic mass is 9.65. The highest BCUT2D eigenvalue weighted by molar-refractivity contribution is 6.32. The smallest absolute Gasteiger partial charge is 0.254 e. The van der Waals surface area contributed by atoms with Crippen LogP contribution < -0.4 is 0 Å². The summed E-state index contributed by atoms with van der Waals surface area (Å²) >= 11 is 6.37. The average Bonchev–Trinajstić information content (AvgIpc) is 3.43. The van der Waals surface area contributed by atoms with E-state index in [4.69, 9.17) is 11.6 Å². The molecule has 0 unspecified atom stereocenters. The number of β-amino-alcohol motifs (C(OH)–C–C–N with tert-alkyl or cyclic N) is 1. The molecule has 1 aromatic rings. The molecule has 2 atom stereocenters. The maximum absolute atomic E-state index is 13.5. The van der Waals surface area contributed by atoms with Crippen LogP contribution >= 0.6 is 11.6 Å². The first-order valence-electron chi connectivity index (χ1n) is 13.4. The molecule has 5 nitrogen and oxygen atoms in total. The summed E-state index contributed by atoms with van der Waals surface area (Å²) in [5.41, 5.74) is 0.213. The molecule has 2 heterocycles. The number of amides is 2. The van der Waals surface area contributed by atoms with Gasteiger partial charge in [-0.3, -0.25) is 9.59 Å². The molecule has 186 valence electrons. The third-order valence-electron chi connectivity index (χ3n) is 9.42. The lowest BCUT2D eigenvalue weighted by molar-refractivity contribution is -0.163. The number of hydrogen-bond donors (Lipinski definition) is 1. The SMILES string of the molecule is C[C@H](CC1CCCCC1)C(=O)N1CC[C@@](O)(CN2Cc3c(Cl)cccc3C2=O)C2(CCCC2)C1. The highest BCUT2D eigenvalue weighted by Crippen LogP contribution is 2.52. The molecule has 0 radical (unpaired) electrons. The minimum atomic E-state index is -0.975. The number of rotatable bonds is 5. The predicted octanol–water partition coefficient (Wildman–Crippen LogP) is 5.43. The lowest BCUT2D eigenvalue weighted by Crippen LogP contribution is -2.64. The van der Waals surface area contributed by atoms with Crippen LogP contribution in [-0.4, -0.2) is 52.0 Å². The summed E-state index contributed by atoms with van der Waals surface area (Å²) in [5.74, 6) is 0.947. The largest absolute Gasteiger partial charge is 0.387 e. The van der Waals surface area contributed by atoms with Gasteiger partial charge in [0.15, 0.2) is 0 Å². The Labute approximate surface area is 208 Å². The molecule has 1 spiro atoms. The Morgan fingerprint density at radius 2 is 1.88 bits per heavy atom. The van der Waals surface area contributed by atoms with Gasteiger partial charge in [-0.15, -0.1) is 0 Å². The van der Waals surface area contributed by atoms with Crippen molar-refractivity contribution in [2.75, 3.05) is 19.6 Å². The Morgan fingerprint density at radius 1 is 1.15 bits per heavy atom. The van der Waals surface area contributed by atoms with Crippen molar-refractivity contribution in [2.24, 2.45) is 17.3 Å². The number of benzene rings is 1. The van der Waals surface area contributed by atoms with Crippen LogP contribution in [0.3, 0.4) is 0 Å². The molecule has 2 aliphatic heterocycles. The van der Waals surface area contributed by atoms with Gasteiger partial charge in [-0.05, 0) is 43.7 Å². The van der Waals surface area contributed by atoms with Gasteiger partial charge in [0, 0.05) is 47.1 Å². The van der Waals surface area contributed by atoms with Crippen LogP contribution in [0.25, 0.3) is 0 Å². The number of carbonyl (C=O) groups excluding carboxylic acids is 2. The fourth-order valence-corrected chi connectivity index (χ4v) is 7.65. The fraction of sp³-hybridized carbons (Fsp3) is 0.714. The summed E-state index contributed by atoms with van der Waals surface area (Å²) < 4.78 is 0. The van der Waals surface area contributed by atoms with Crippen molar-refractivity contribution in [3.63, 3.8) is 0 Å². The van der Waals surface area contributed by atoms with E-state index in [9.17, 15) is 14.7 Å². The van der Waals surface area contributed by atoms with E-state index < -0.39 is 5.60 Å². The molecule has 0 bridgehead atoms. The van der Waals surface area contributed by atoms with E-state index in [0.717, 1.165) is 37.7 Å². The second kappa shape index (κ2) is 9.46. The Balaban J connectivity index is 1.29. The lowest BCUT2D eigenvalue weighted by Gasteiger charge is -2.53. The summed E-state index contributed by atoms with van der Waals surface area (Å²) in [4.78, 5) is 30.4. The molecule has 1 N–H and O–H groups in total. The van der Waals surface area contributed by atoms with Crippen LogP contribution in [0.4, 0.5) is 0 Å². The number of carbonyl (C=O) groups is 2. The summed E-state index contributed by atoms with van der Waals surface area (Å²) in [6, 6.07) is 5.46. The molecular formula is C28H39ClN2O3. The van der Waals surface area contributed by atoms with Crippen LogP contribution in [0.15, 0.2) is 18.2 Å². The zero-order valence-corrected chi connectivity index (χ0v) is 21.3.